The highest BCUT2D eigenvalue weighted by molar-refractivity contribution is 8.06. The quantitative estimate of drug-likeness (QED) is 0.776. The van der Waals surface area contributed by atoms with Crippen LogP contribution in [0.15, 0.2) is 16.3 Å². The van der Waals surface area contributed by atoms with Crippen LogP contribution in [-0.4, -0.2) is 43.5 Å². The molecule has 120 valence electrons. The maximum absolute atomic E-state index is 12.3. The highest BCUT2D eigenvalue weighted by atomic mass is 32.2. The summed E-state index contributed by atoms with van der Waals surface area (Å²) in [5.41, 5.74) is 0. The van der Waals surface area contributed by atoms with Crippen LogP contribution in [0, 0.1) is 0 Å². The van der Waals surface area contributed by atoms with E-state index in [0.29, 0.717) is 28.6 Å². The summed E-state index contributed by atoms with van der Waals surface area (Å²) in [6, 6.07) is 3.98. The summed E-state index contributed by atoms with van der Waals surface area (Å²) in [6.07, 6.45) is 0. The number of sulfonamides is 1. The molecule has 0 amide bonds. The minimum absolute atomic E-state index is 0.389. The second-order valence-electron chi connectivity index (χ2n) is 5.18. The zero-order chi connectivity index (χ0) is 15.3. The van der Waals surface area contributed by atoms with Crippen LogP contribution >= 0.6 is 34.9 Å². The monoisotopic (exact) mass is 366 g/mol. The van der Waals surface area contributed by atoms with E-state index in [1.54, 1.807) is 6.07 Å². The fourth-order valence-electron chi connectivity index (χ4n) is 1.83. The topological polar surface area (TPSA) is 58.2 Å². The SMILES string of the molecule is CC(C)NCc1ccc(S(=O)(=O)NCC2CSCCS2)s1. The summed E-state index contributed by atoms with van der Waals surface area (Å²) < 4.78 is 27.7. The molecule has 0 bridgehead atoms. The lowest BCUT2D eigenvalue weighted by molar-refractivity contribution is 0.583. The fourth-order valence-corrected chi connectivity index (χ4v) is 6.98. The first kappa shape index (κ1) is 17.6. The van der Waals surface area contributed by atoms with Crippen molar-refractivity contribution in [2.75, 3.05) is 23.8 Å². The van der Waals surface area contributed by atoms with E-state index >= 15 is 0 Å². The van der Waals surface area contributed by atoms with E-state index in [1.807, 2.05) is 29.6 Å². The van der Waals surface area contributed by atoms with Gasteiger partial charge in [0.15, 0.2) is 0 Å². The zero-order valence-electron chi connectivity index (χ0n) is 12.3. The Morgan fingerprint density at radius 3 is 2.81 bits per heavy atom. The van der Waals surface area contributed by atoms with Gasteiger partial charge in [-0.05, 0) is 12.1 Å². The highest BCUT2D eigenvalue weighted by Crippen LogP contribution is 2.25. The van der Waals surface area contributed by atoms with Gasteiger partial charge in [0.2, 0.25) is 10.0 Å². The standard InChI is InChI=1S/C13H22N2O2S4/c1-10(2)14-7-11-3-4-13(20-11)21(16,17)15-8-12-9-18-5-6-19-12/h3-4,10,12,14-15H,5-9H2,1-2H3. The number of thiophene rings is 1. The molecule has 1 aliphatic heterocycles. The summed E-state index contributed by atoms with van der Waals surface area (Å²) in [6.45, 7) is 5.39. The molecule has 1 aromatic rings. The van der Waals surface area contributed by atoms with Gasteiger partial charge in [0.1, 0.15) is 4.21 Å². The third-order valence-electron chi connectivity index (χ3n) is 2.97. The van der Waals surface area contributed by atoms with Crippen molar-refractivity contribution in [1.82, 2.24) is 10.0 Å². The maximum Gasteiger partial charge on any atom is 0.250 e. The van der Waals surface area contributed by atoms with Gasteiger partial charge in [0.25, 0.3) is 0 Å². The van der Waals surface area contributed by atoms with Crippen LogP contribution in [0.5, 0.6) is 0 Å². The number of thioether (sulfide) groups is 2. The maximum atomic E-state index is 12.3. The van der Waals surface area contributed by atoms with E-state index in [9.17, 15) is 8.42 Å². The van der Waals surface area contributed by atoms with E-state index in [-0.39, 0.29) is 0 Å². The lowest BCUT2D eigenvalue weighted by atomic mass is 10.4. The molecule has 0 spiro atoms. The van der Waals surface area contributed by atoms with E-state index in [1.165, 1.54) is 17.1 Å². The second kappa shape index (κ2) is 8.21. The van der Waals surface area contributed by atoms with Crippen LogP contribution in [0.2, 0.25) is 0 Å². The average molecular weight is 367 g/mol. The molecule has 0 aliphatic carbocycles. The van der Waals surface area contributed by atoms with Crippen LogP contribution in [-0.2, 0) is 16.6 Å². The van der Waals surface area contributed by atoms with Crippen LogP contribution in [0.25, 0.3) is 0 Å². The molecule has 0 aromatic carbocycles. The first-order valence-corrected chi connectivity index (χ1v) is 11.5. The lowest BCUT2D eigenvalue weighted by Gasteiger charge is -2.20. The molecule has 0 saturated carbocycles. The molecule has 21 heavy (non-hydrogen) atoms. The molecule has 1 atom stereocenters. The van der Waals surface area contributed by atoms with Crippen molar-refractivity contribution in [3.8, 4) is 0 Å². The number of hydrogen-bond donors (Lipinski definition) is 2. The average Bonchev–Trinajstić information content (AvgIpc) is 2.94. The molecule has 1 saturated heterocycles. The molecule has 2 N–H and O–H groups in total. The van der Waals surface area contributed by atoms with E-state index in [2.05, 4.69) is 23.9 Å². The van der Waals surface area contributed by atoms with Crippen molar-refractivity contribution in [1.29, 1.82) is 0 Å². The molecule has 1 aromatic heterocycles. The Balaban J connectivity index is 1.89. The van der Waals surface area contributed by atoms with E-state index < -0.39 is 10.0 Å². The molecule has 8 heteroatoms. The summed E-state index contributed by atoms with van der Waals surface area (Å²) in [4.78, 5) is 1.05. The zero-order valence-corrected chi connectivity index (χ0v) is 15.6. The fraction of sp³-hybridized carbons (Fsp3) is 0.692. The molecule has 1 aliphatic rings. The molecule has 0 radical (unpaired) electrons. The Labute approximate surface area is 139 Å². The third kappa shape index (κ3) is 5.76. The molecule has 2 heterocycles. The van der Waals surface area contributed by atoms with Crippen molar-refractivity contribution >= 4 is 44.9 Å². The normalized spacial score (nSPS) is 20.0. The van der Waals surface area contributed by atoms with Gasteiger partial charge >= 0.3 is 0 Å². The van der Waals surface area contributed by atoms with Crippen LogP contribution in [0.1, 0.15) is 18.7 Å². The first-order chi connectivity index (χ1) is 9.97. The van der Waals surface area contributed by atoms with Crippen molar-refractivity contribution in [2.24, 2.45) is 0 Å². The Morgan fingerprint density at radius 1 is 1.33 bits per heavy atom. The minimum Gasteiger partial charge on any atom is -0.310 e. The third-order valence-corrected chi connectivity index (χ3v) is 8.82. The molecule has 1 unspecified atom stereocenters. The van der Waals surface area contributed by atoms with Crippen molar-refractivity contribution < 1.29 is 8.42 Å². The Hall–Kier alpha value is 0.270. The number of nitrogens with one attached hydrogen (secondary N) is 2. The van der Waals surface area contributed by atoms with Gasteiger partial charge in [-0.25, -0.2) is 13.1 Å². The van der Waals surface area contributed by atoms with Crippen LogP contribution in [0.4, 0.5) is 0 Å². The van der Waals surface area contributed by atoms with Gasteiger partial charge in [-0.15, -0.1) is 11.3 Å². The summed E-state index contributed by atoms with van der Waals surface area (Å²) in [5.74, 6) is 3.31. The lowest BCUT2D eigenvalue weighted by Crippen LogP contribution is -2.33. The Kier molecular flexibility index (Phi) is 6.89. The number of rotatable bonds is 7. The summed E-state index contributed by atoms with van der Waals surface area (Å²) >= 11 is 5.11. The van der Waals surface area contributed by atoms with Gasteiger partial charge in [0, 0.05) is 46.5 Å². The van der Waals surface area contributed by atoms with Gasteiger partial charge in [-0.2, -0.15) is 23.5 Å². The second-order valence-corrected chi connectivity index (χ2v) is 10.9. The predicted molar refractivity (Wildman–Crippen MR) is 95.1 cm³/mol. The molecular formula is C13H22N2O2S4. The largest absolute Gasteiger partial charge is 0.310 e. The van der Waals surface area contributed by atoms with Gasteiger partial charge in [-0.3, -0.25) is 0 Å². The molecular weight excluding hydrogens is 344 g/mol. The van der Waals surface area contributed by atoms with Gasteiger partial charge in [0.05, 0.1) is 0 Å². The number of hydrogen-bond acceptors (Lipinski definition) is 6. The summed E-state index contributed by atoms with van der Waals surface area (Å²) in [5, 5.41) is 3.69. The van der Waals surface area contributed by atoms with Crippen molar-refractivity contribution in [3.05, 3.63) is 17.0 Å². The smallest absolute Gasteiger partial charge is 0.250 e. The Bertz CT molecular complexity index is 536. The van der Waals surface area contributed by atoms with Crippen LogP contribution < -0.4 is 10.0 Å². The van der Waals surface area contributed by atoms with Gasteiger partial charge < -0.3 is 5.32 Å². The molecule has 1 fully saturated rings. The van der Waals surface area contributed by atoms with Crippen molar-refractivity contribution in [3.63, 3.8) is 0 Å². The first-order valence-electron chi connectivity index (χ1n) is 6.98. The van der Waals surface area contributed by atoms with Crippen LogP contribution in [0.3, 0.4) is 0 Å². The van der Waals surface area contributed by atoms with E-state index in [0.717, 1.165) is 16.4 Å². The van der Waals surface area contributed by atoms with E-state index in [4.69, 9.17) is 0 Å². The minimum atomic E-state index is -3.36. The van der Waals surface area contributed by atoms with Gasteiger partial charge in [-0.1, -0.05) is 13.8 Å². The van der Waals surface area contributed by atoms with Crippen molar-refractivity contribution in [2.45, 2.75) is 35.9 Å². The Morgan fingerprint density at radius 2 is 2.14 bits per heavy atom. The molecule has 4 nitrogen and oxygen atoms in total. The highest BCUT2D eigenvalue weighted by Gasteiger charge is 2.20. The predicted octanol–water partition coefficient (Wildman–Crippen LogP) is 2.37. The summed E-state index contributed by atoms with van der Waals surface area (Å²) in [7, 11) is -3.36. The molecule has 2 rings (SSSR count).